The molecule has 0 amide bonds. The van der Waals surface area contributed by atoms with Gasteiger partial charge in [0.05, 0.1) is 22.4 Å². The Hall–Kier alpha value is -3.40. The molecule has 166 valence electrons. The van der Waals surface area contributed by atoms with Crippen molar-refractivity contribution in [1.29, 1.82) is 0 Å². The number of aromatic nitrogens is 5. The minimum atomic E-state index is -4.57. The molecule has 7 nitrogen and oxygen atoms in total. The Balaban J connectivity index is 1.53. The highest BCUT2D eigenvalue weighted by Gasteiger charge is 2.36. The first-order valence-electron chi connectivity index (χ1n) is 10.4. The number of H-pyrrole nitrogens is 1. The standard InChI is InChI=1S/C22H22F3N7/c1-32-18-7-3-2-6-16(18)30-20(32)17-9-13(10-27-17)19-15(22(23,24)25)12-28-21(31-19)29-14-5-4-8-26-11-14/h2-3,6-7,9-10,12,14,26-27H,4-5,8,11H2,1H3,(H,28,29,31)/t14-/m0/s1. The quantitative estimate of drug-likeness (QED) is 0.442. The fourth-order valence-corrected chi connectivity index (χ4v) is 4.08. The van der Waals surface area contributed by atoms with Crippen LogP contribution >= 0.6 is 0 Å². The number of para-hydroxylation sites is 2. The summed E-state index contributed by atoms with van der Waals surface area (Å²) >= 11 is 0. The van der Waals surface area contributed by atoms with E-state index in [0.717, 1.165) is 43.2 Å². The van der Waals surface area contributed by atoms with E-state index in [9.17, 15) is 13.2 Å². The number of alkyl halides is 3. The minimum Gasteiger partial charge on any atom is -0.358 e. The van der Waals surface area contributed by atoms with Crippen molar-refractivity contribution in [2.45, 2.75) is 25.1 Å². The highest BCUT2D eigenvalue weighted by molar-refractivity contribution is 5.81. The van der Waals surface area contributed by atoms with Gasteiger partial charge in [0.2, 0.25) is 5.95 Å². The van der Waals surface area contributed by atoms with Gasteiger partial charge in [-0.05, 0) is 37.6 Å². The third-order valence-corrected chi connectivity index (χ3v) is 5.71. The van der Waals surface area contributed by atoms with E-state index in [-0.39, 0.29) is 17.7 Å². The molecule has 1 atom stereocenters. The number of nitrogens with one attached hydrogen (secondary N) is 3. The SMILES string of the molecule is Cn1c(-c2cc(-c3nc(N[C@H]4CCCNC4)ncc3C(F)(F)F)c[nH]2)nc2ccccc21. The Labute approximate surface area is 182 Å². The fraction of sp³-hybridized carbons (Fsp3) is 0.318. The summed E-state index contributed by atoms with van der Waals surface area (Å²) in [6, 6.07) is 9.37. The monoisotopic (exact) mass is 441 g/mol. The first-order chi connectivity index (χ1) is 15.4. The number of aryl methyl sites for hydroxylation is 1. The smallest absolute Gasteiger partial charge is 0.358 e. The summed E-state index contributed by atoms with van der Waals surface area (Å²) in [4.78, 5) is 15.9. The molecule has 0 spiro atoms. The molecule has 0 radical (unpaired) electrons. The molecule has 0 aliphatic carbocycles. The van der Waals surface area contributed by atoms with E-state index in [2.05, 4.69) is 30.6 Å². The van der Waals surface area contributed by atoms with Crippen LogP contribution < -0.4 is 10.6 Å². The summed E-state index contributed by atoms with van der Waals surface area (Å²) in [5.41, 5.74) is 1.64. The number of halogens is 3. The van der Waals surface area contributed by atoms with Gasteiger partial charge in [0, 0.05) is 37.6 Å². The van der Waals surface area contributed by atoms with Gasteiger partial charge in [0.25, 0.3) is 0 Å². The van der Waals surface area contributed by atoms with Crippen LogP contribution in [-0.2, 0) is 13.2 Å². The predicted octanol–water partition coefficient (Wildman–Crippen LogP) is 4.21. The number of aromatic amines is 1. The predicted molar refractivity (Wildman–Crippen MR) is 116 cm³/mol. The Kier molecular flexibility index (Phi) is 5.09. The molecule has 4 heterocycles. The van der Waals surface area contributed by atoms with Gasteiger partial charge >= 0.3 is 6.18 Å². The number of fused-ring (bicyclic) bond motifs is 1. The highest BCUT2D eigenvalue weighted by Crippen LogP contribution is 2.37. The summed E-state index contributed by atoms with van der Waals surface area (Å²) in [5, 5.41) is 6.42. The molecule has 3 N–H and O–H groups in total. The topological polar surface area (TPSA) is 83.5 Å². The van der Waals surface area contributed by atoms with Crippen LogP contribution in [-0.4, -0.2) is 43.6 Å². The Morgan fingerprint density at radius 2 is 2.03 bits per heavy atom. The zero-order valence-corrected chi connectivity index (χ0v) is 17.4. The Morgan fingerprint density at radius 3 is 2.78 bits per heavy atom. The number of piperidine rings is 1. The molecule has 1 fully saturated rings. The molecule has 1 aliphatic heterocycles. The van der Waals surface area contributed by atoms with Crippen LogP contribution in [0.5, 0.6) is 0 Å². The Bertz CT molecular complexity index is 1250. The van der Waals surface area contributed by atoms with E-state index in [0.29, 0.717) is 17.1 Å². The summed E-state index contributed by atoms with van der Waals surface area (Å²) < 4.78 is 43.1. The molecular formula is C22H22F3N7. The van der Waals surface area contributed by atoms with Crippen molar-refractivity contribution in [2.75, 3.05) is 18.4 Å². The van der Waals surface area contributed by atoms with Crippen molar-refractivity contribution in [3.8, 4) is 22.8 Å². The van der Waals surface area contributed by atoms with Gasteiger partial charge in [-0.2, -0.15) is 13.2 Å². The zero-order chi connectivity index (χ0) is 22.3. The molecule has 5 rings (SSSR count). The lowest BCUT2D eigenvalue weighted by molar-refractivity contribution is -0.137. The average Bonchev–Trinajstić information content (AvgIpc) is 3.39. The largest absolute Gasteiger partial charge is 0.419 e. The van der Waals surface area contributed by atoms with Crippen molar-refractivity contribution in [1.82, 2.24) is 29.8 Å². The number of hydrogen-bond acceptors (Lipinski definition) is 5. The van der Waals surface area contributed by atoms with Crippen molar-refractivity contribution in [3.63, 3.8) is 0 Å². The third-order valence-electron chi connectivity index (χ3n) is 5.71. The molecule has 0 bridgehead atoms. The lowest BCUT2D eigenvalue weighted by Crippen LogP contribution is -2.38. The van der Waals surface area contributed by atoms with E-state index in [4.69, 9.17) is 0 Å². The van der Waals surface area contributed by atoms with Crippen LogP contribution in [0.1, 0.15) is 18.4 Å². The molecule has 4 aromatic rings. The van der Waals surface area contributed by atoms with Gasteiger partial charge < -0.3 is 20.2 Å². The number of rotatable bonds is 4. The molecule has 0 unspecified atom stereocenters. The minimum absolute atomic E-state index is 0.0788. The first kappa shape index (κ1) is 20.5. The summed E-state index contributed by atoms with van der Waals surface area (Å²) in [7, 11) is 1.87. The van der Waals surface area contributed by atoms with Crippen LogP contribution in [0.25, 0.3) is 33.8 Å². The number of benzene rings is 1. The molecule has 1 aliphatic rings. The van der Waals surface area contributed by atoms with Gasteiger partial charge in [0.15, 0.2) is 5.82 Å². The molecule has 1 saturated heterocycles. The van der Waals surface area contributed by atoms with E-state index < -0.39 is 11.7 Å². The van der Waals surface area contributed by atoms with E-state index in [1.165, 1.54) is 6.20 Å². The van der Waals surface area contributed by atoms with Crippen LogP contribution in [0.15, 0.2) is 42.7 Å². The van der Waals surface area contributed by atoms with Crippen molar-refractivity contribution in [3.05, 3.63) is 48.3 Å². The summed E-state index contributed by atoms with van der Waals surface area (Å²) in [5.74, 6) is 0.818. The van der Waals surface area contributed by atoms with Gasteiger partial charge in [-0.1, -0.05) is 12.1 Å². The van der Waals surface area contributed by atoms with E-state index in [1.807, 2.05) is 35.9 Å². The van der Waals surface area contributed by atoms with Gasteiger partial charge in [-0.25, -0.2) is 15.0 Å². The molecular weight excluding hydrogens is 419 g/mol. The normalized spacial score (nSPS) is 17.1. The lowest BCUT2D eigenvalue weighted by atomic mass is 10.1. The Morgan fingerprint density at radius 1 is 1.19 bits per heavy atom. The van der Waals surface area contributed by atoms with Crippen molar-refractivity contribution >= 4 is 17.0 Å². The second-order valence-electron chi connectivity index (χ2n) is 7.93. The molecule has 1 aromatic carbocycles. The number of anilines is 1. The average molecular weight is 441 g/mol. The molecule has 32 heavy (non-hydrogen) atoms. The number of nitrogens with zero attached hydrogens (tertiary/aromatic N) is 4. The van der Waals surface area contributed by atoms with Crippen LogP contribution in [0.2, 0.25) is 0 Å². The number of imidazole rings is 1. The van der Waals surface area contributed by atoms with E-state index in [1.54, 1.807) is 6.07 Å². The zero-order valence-electron chi connectivity index (χ0n) is 17.4. The second kappa shape index (κ2) is 7.94. The summed E-state index contributed by atoms with van der Waals surface area (Å²) in [6.07, 6.45) is -0.297. The molecule has 3 aromatic heterocycles. The molecule has 0 saturated carbocycles. The summed E-state index contributed by atoms with van der Waals surface area (Å²) in [6.45, 7) is 1.66. The number of hydrogen-bond donors (Lipinski definition) is 3. The highest BCUT2D eigenvalue weighted by atomic mass is 19.4. The van der Waals surface area contributed by atoms with Gasteiger partial charge in [0.1, 0.15) is 5.56 Å². The maximum Gasteiger partial charge on any atom is 0.419 e. The maximum atomic E-state index is 13.7. The van der Waals surface area contributed by atoms with E-state index >= 15 is 0 Å². The second-order valence-corrected chi connectivity index (χ2v) is 7.93. The third kappa shape index (κ3) is 3.81. The molecule has 10 heteroatoms. The van der Waals surface area contributed by atoms with Crippen molar-refractivity contribution in [2.24, 2.45) is 7.05 Å². The lowest BCUT2D eigenvalue weighted by Gasteiger charge is -2.24. The van der Waals surface area contributed by atoms with Crippen molar-refractivity contribution < 1.29 is 13.2 Å². The van der Waals surface area contributed by atoms with Gasteiger partial charge in [-0.3, -0.25) is 0 Å². The fourth-order valence-electron chi connectivity index (χ4n) is 4.08. The van der Waals surface area contributed by atoms with Gasteiger partial charge in [-0.15, -0.1) is 0 Å². The van der Waals surface area contributed by atoms with Crippen LogP contribution in [0, 0.1) is 0 Å². The van der Waals surface area contributed by atoms with Crippen LogP contribution in [0.4, 0.5) is 19.1 Å². The first-order valence-corrected chi connectivity index (χ1v) is 10.4. The maximum absolute atomic E-state index is 13.7. The van der Waals surface area contributed by atoms with Crippen LogP contribution in [0.3, 0.4) is 0 Å².